The zero-order valence-electron chi connectivity index (χ0n) is 15.1. The zero-order valence-corrected chi connectivity index (χ0v) is 17.4. The van der Waals surface area contributed by atoms with Crippen molar-refractivity contribution in [2.45, 2.75) is 19.9 Å². The minimum atomic E-state index is 0. The summed E-state index contributed by atoms with van der Waals surface area (Å²) in [6.45, 7) is 4.37. The molecule has 0 saturated carbocycles. The Hall–Kier alpha value is -2.28. The van der Waals surface area contributed by atoms with Crippen molar-refractivity contribution in [1.82, 2.24) is 25.4 Å². The van der Waals surface area contributed by atoms with E-state index in [1.54, 1.807) is 4.68 Å². The molecule has 2 aromatic rings. The highest BCUT2D eigenvalue weighted by atomic mass is 127. The predicted molar refractivity (Wildman–Crippen MR) is 114 cm³/mol. The summed E-state index contributed by atoms with van der Waals surface area (Å²) in [4.78, 5) is 8.70. The fourth-order valence-electron chi connectivity index (χ4n) is 2.16. The monoisotopic (exact) mass is 468 g/mol. The van der Waals surface area contributed by atoms with Crippen LogP contribution < -0.4 is 15.4 Å². The largest absolute Gasteiger partial charge is 0.481 e. The Balaban J connectivity index is 0.00000338. The number of aromatic nitrogens is 3. The molecule has 26 heavy (non-hydrogen) atoms. The molecule has 0 radical (unpaired) electrons. The van der Waals surface area contributed by atoms with Gasteiger partial charge in [0.2, 0.25) is 0 Å². The minimum Gasteiger partial charge on any atom is -0.481 e. The van der Waals surface area contributed by atoms with Gasteiger partial charge in [-0.2, -0.15) is 5.10 Å². The molecule has 0 unspecified atom stereocenters. The molecule has 2 rings (SSSR count). The highest BCUT2D eigenvalue weighted by Gasteiger charge is 2.02. The van der Waals surface area contributed by atoms with Gasteiger partial charge in [0.05, 0.1) is 0 Å². The second-order valence-electron chi connectivity index (χ2n) is 5.31. The zero-order chi connectivity index (χ0) is 17.9. The van der Waals surface area contributed by atoms with Gasteiger partial charge in [-0.3, -0.25) is 4.68 Å². The van der Waals surface area contributed by atoms with Gasteiger partial charge in [0, 0.05) is 20.1 Å². The van der Waals surface area contributed by atoms with Gasteiger partial charge < -0.3 is 15.4 Å². The Labute approximate surface area is 171 Å². The molecule has 0 aliphatic rings. The fourth-order valence-corrected chi connectivity index (χ4v) is 2.16. The second kappa shape index (κ2) is 12.1. The SMILES string of the molecule is C#CCOc1ccc(CCNC(=NCc2ncnn2C)NCC)cc1.I. The van der Waals surface area contributed by atoms with Crippen LogP contribution in [0.3, 0.4) is 0 Å². The molecule has 1 aromatic heterocycles. The first-order chi connectivity index (χ1) is 12.2. The third-order valence-corrected chi connectivity index (χ3v) is 3.48. The average molecular weight is 468 g/mol. The van der Waals surface area contributed by atoms with Gasteiger partial charge in [0.15, 0.2) is 5.96 Å². The summed E-state index contributed by atoms with van der Waals surface area (Å²) in [5.41, 5.74) is 1.21. The Morgan fingerprint density at radius 2 is 2.08 bits per heavy atom. The maximum atomic E-state index is 5.37. The Morgan fingerprint density at radius 1 is 1.31 bits per heavy atom. The van der Waals surface area contributed by atoms with E-state index in [0.717, 1.165) is 37.0 Å². The van der Waals surface area contributed by atoms with Crippen LogP contribution >= 0.6 is 24.0 Å². The number of rotatable bonds is 8. The van der Waals surface area contributed by atoms with Crippen LogP contribution in [-0.4, -0.2) is 40.4 Å². The van der Waals surface area contributed by atoms with Crippen LogP contribution in [0, 0.1) is 12.3 Å². The van der Waals surface area contributed by atoms with E-state index in [4.69, 9.17) is 11.2 Å². The van der Waals surface area contributed by atoms with Gasteiger partial charge in [-0.15, -0.1) is 30.4 Å². The Bertz CT molecular complexity index is 720. The first kappa shape index (κ1) is 21.8. The lowest BCUT2D eigenvalue weighted by Gasteiger charge is -2.11. The summed E-state index contributed by atoms with van der Waals surface area (Å²) < 4.78 is 7.09. The number of terminal acetylenes is 1. The second-order valence-corrected chi connectivity index (χ2v) is 5.31. The molecule has 0 amide bonds. The number of benzene rings is 1. The molecule has 0 atom stereocenters. The molecule has 140 valence electrons. The number of hydrogen-bond donors (Lipinski definition) is 2. The van der Waals surface area contributed by atoms with E-state index < -0.39 is 0 Å². The van der Waals surface area contributed by atoms with Crippen molar-refractivity contribution in [3.8, 4) is 18.1 Å². The summed E-state index contributed by atoms with van der Waals surface area (Å²) >= 11 is 0. The van der Waals surface area contributed by atoms with E-state index in [1.807, 2.05) is 38.2 Å². The van der Waals surface area contributed by atoms with Crippen LogP contribution in [0.4, 0.5) is 0 Å². The van der Waals surface area contributed by atoms with E-state index in [1.165, 1.54) is 11.9 Å². The van der Waals surface area contributed by atoms with Gasteiger partial charge in [-0.1, -0.05) is 18.1 Å². The number of nitrogens with one attached hydrogen (secondary N) is 2. The molecule has 0 aliphatic heterocycles. The van der Waals surface area contributed by atoms with E-state index in [0.29, 0.717) is 6.54 Å². The lowest BCUT2D eigenvalue weighted by molar-refractivity contribution is 0.370. The standard InChI is InChI=1S/C18H24N6O.HI/c1-4-12-25-16-8-6-15(7-9-16)10-11-20-18(19-5-2)21-13-17-22-14-23-24(17)3;/h1,6-9,14H,5,10-13H2,2-3H3,(H2,19,20,21);1H. The average Bonchev–Trinajstić information content (AvgIpc) is 3.04. The van der Waals surface area contributed by atoms with E-state index in [9.17, 15) is 0 Å². The van der Waals surface area contributed by atoms with Crippen molar-refractivity contribution in [3.63, 3.8) is 0 Å². The van der Waals surface area contributed by atoms with Gasteiger partial charge >= 0.3 is 0 Å². The van der Waals surface area contributed by atoms with Crippen molar-refractivity contribution >= 4 is 29.9 Å². The van der Waals surface area contributed by atoms with Crippen molar-refractivity contribution in [2.24, 2.45) is 12.0 Å². The quantitative estimate of drug-likeness (QED) is 0.267. The topological polar surface area (TPSA) is 76.4 Å². The number of hydrogen-bond acceptors (Lipinski definition) is 4. The normalized spacial score (nSPS) is 10.6. The summed E-state index contributed by atoms with van der Waals surface area (Å²) in [6, 6.07) is 7.94. The van der Waals surface area contributed by atoms with Crippen LogP contribution in [0.1, 0.15) is 18.3 Å². The number of aliphatic imine (C=N–C) groups is 1. The van der Waals surface area contributed by atoms with Gasteiger partial charge in [0.25, 0.3) is 0 Å². The number of nitrogens with zero attached hydrogens (tertiary/aromatic N) is 4. The van der Waals surface area contributed by atoms with Crippen LogP contribution in [-0.2, 0) is 20.0 Å². The van der Waals surface area contributed by atoms with Gasteiger partial charge in [-0.25, -0.2) is 9.98 Å². The maximum Gasteiger partial charge on any atom is 0.191 e. The third-order valence-electron chi connectivity index (χ3n) is 3.48. The Kier molecular flexibility index (Phi) is 10.2. The molecule has 1 aromatic carbocycles. The molecule has 8 heteroatoms. The van der Waals surface area contributed by atoms with Crippen molar-refractivity contribution in [3.05, 3.63) is 42.0 Å². The molecule has 0 aliphatic carbocycles. The number of halogens is 1. The smallest absolute Gasteiger partial charge is 0.191 e. The van der Waals surface area contributed by atoms with Crippen molar-refractivity contribution < 1.29 is 4.74 Å². The molecule has 7 nitrogen and oxygen atoms in total. The van der Waals surface area contributed by atoms with Crippen LogP contribution in [0.2, 0.25) is 0 Å². The van der Waals surface area contributed by atoms with E-state index >= 15 is 0 Å². The van der Waals surface area contributed by atoms with Crippen molar-refractivity contribution in [2.75, 3.05) is 19.7 Å². The molecule has 2 N–H and O–H groups in total. The van der Waals surface area contributed by atoms with Crippen molar-refractivity contribution in [1.29, 1.82) is 0 Å². The van der Waals surface area contributed by atoms with E-state index in [-0.39, 0.29) is 30.6 Å². The summed E-state index contributed by atoms with van der Waals surface area (Å²) in [5.74, 6) is 4.82. The Morgan fingerprint density at radius 3 is 2.69 bits per heavy atom. The molecular formula is C18H25IN6O. The van der Waals surface area contributed by atoms with Crippen LogP contribution in [0.25, 0.3) is 0 Å². The molecule has 0 spiro atoms. The summed E-state index contributed by atoms with van der Waals surface area (Å²) in [6.07, 6.45) is 7.59. The summed E-state index contributed by atoms with van der Waals surface area (Å²) in [5, 5.41) is 10.6. The molecule has 0 saturated heterocycles. The number of guanidine groups is 1. The first-order valence-corrected chi connectivity index (χ1v) is 8.23. The maximum absolute atomic E-state index is 5.37. The minimum absolute atomic E-state index is 0. The fraction of sp³-hybridized carbons (Fsp3) is 0.389. The lowest BCUT2D eigenvalue weighted by Crippen LogP contribution is -2.38. The first-order valence-electron chi connectivity index (χ1n) is 8.23. The summed E-state index contributed by atoms with van der Waals surface area (Å²) in [7, 11) is 1.86. The molecular weight excluding hydrogens is 443 g/mol. The highest BCUT2D eigenvalue weighted by molar-refractivity contribution is 14.0. The predicted octanol–water partition coefficient (Wildman–Crippen LogP) is 1.74. The van der Waals surface area contributed by atoms with E-state index in [2.05, 4.69) is 31.6 Å². The number of aryl methyl sites for hydroxylation is 1. The molecule has 1 heterocycles. The van der Waals surface area contributed by atoms with Crippen LogP contribution in [0.15, 0.2) is 35.6 Å². The van der Waals surface area contributed by atoms with Crippen LogP contribution in [0.5, 0.6) is 5.75 Å². The highest BCUT2D eigenvalue weighted by Crippen LogP contribution is 2.12. The molecule has 0 fully saturated rings. The lowest BCUT2D eigenvalue weighted by atomic mass is 10.1. The third kappa shape index (κ3) is 7.31. The number of ether oxygens (including phenoxy) is 1. The molecule has 0 bridgehead atoms. The van der Waals surface area contributed by atoms with Gasteiger partial charge in [0.1, 0.15) is 31.1 Å². The van der Waals surface area contributed by atoms with Gasteiger partial charge in [-0.05, 0) is 31.0 Å².